The van der Waals surface area contributed by atoms with Crippen molar-refractivity contribution in [2.24, 2.45) is 0 Å². The Morgan fingerprint density at radius 2 is 1.24 bits per heavy atom. The molecular weight excluding hydrogens is 319 g/mol. The van der Waals surface area contributed by atoms with Gasteiger partial charge in [-0.3, -0.25) is 4.57 Å². The van der Waals surface area contributed by atoms with Crippen molar-refractivity contribution in [3.8, 4) is 0 Å². The summed E-state index contributed by atoms with van der Waals surface area (Å²) in [5.41, 5.74) is 0. The van der Waals surface area contributed by atoms with Gasteiger partial charge in [-0.2, -0.15) is 0 Å². The van der Waals surface area contributed by atoms with Gasteiger partial charge in [-0.1, -0.05) is 0 Å². The maximum absolute atomic E-state index is 11.4. The van der Waals surface area contributed by atoms with Gasteiger partial charge in [0.15, 0.2) is 0 Å². The monoisotopic (exact) mass is 332 g/mol. The van der Waals surface area contributed by atoms with Crippen molar-refractivity contribution in [2.75, 3.05) is 13.2 Å². The summed E-state index contributed by atoms with van der Waals surface area (Å²) in [7, 11) is -5.23. The molecule has 0 spiro atoms. The van der Waals surface area contributed by atoms with Crippen LogP contribution in [0.3, 0.4) is 0 Å². The van der Waals surface area contributed by atoms with Crippen LogP contribution < -0.4 is 0 Å². The normalized spacial score (nSPS) is 11.5. The maximum Gasteiger partial charge on any atom is 0.506 e. The van der Waals surface area contributed by atoms with Gasteiger partial charge in [0.2, 0.25) is 5.34 Å². The Hall–Kier alpha value is -2.04. The summed E-state index contributed by atoms with van der Waals surface area (Å²) in [4.78, 5) is 49.4. The van der Waals surface area contributed by atoms with Crippen LogP contribution in [-0.4, -0.2) is 62.1 Å². The van der Waals surface area contributed by atoms with E-state index in [4.69, 9.17) is 15.3 Å². The van der Waals surface area contributed by atoms with Crippen molar-refractivity contribution in [3.05, 3.63) is 0 Å². The number of hydrogen-bond donors (Lipinski definition) is 5. The highest BCUT2D eigenvalue weighted by atomic mass is 31.2. The molecule has 12 nitrogen and oxygen atoms in total. The highest BCUT2D eigenvalue weighted by molar-refractivity contribution is 7.53. The Kier molecular flexibility index (Phi) is 6.92. The second-order valence-corrected chi connectivity index (χ2v) is 5.49. The molecule has 0 heterocycles. The van der Waals surface area contributed by atoms with Crippen LogP contribution in [0.5, 0.6) is 0 Å². The average molecular weight is 332 g/mol. The molecule has 5 N–H and O–H groups in total. The smallest absolute Gasteiger partial charge is 0.450 e. The number of carboxylic acid groups (broad SMARTS) is 3. The lowest BCUT2D eigenvalue weighted by Crippen LogP contribution is -2.37. The van der Waals surface area contributed by atoms with E-state index < -0.39 is 57.5 Å². The molecule has 122 valence electrons. The Bertz CT molecular complexity index is 419. The minimum absolute atomic E-state index is 0.777. The summed E-state index contributed by atoms with van der Waals surface area (Å²) in [5.74, 6) is 0. The van der Waals surface area contributed by atoms with Crippen LogP contribution in [-0.2, 0) is 18.8 Å². The summed E-state index contributed by atoms with van der Waals surface area (Å²) < 4.78 is 23.7. The van der Waals surface area contributed by atoms with Gasteiger partial charge in [-0.05, 0) is 0 Å². The van der Waals surface area contributed by atoms with E-state index in [1.165, 1.54) is 0 Å². The van der Waals surface area contributed by atoms with Gasteiger partial charge in [0.25, 0.3) is 0 Å². The quantitative estimate of drug-likeness (QED) is 0.237. The van der Waals surface area contributed by atoms with Gasteiger partial charge in [0.1, 0.15) is 0 Å². The largest absolute Gasteiger partial charge is 0.506 e. The van der Waals surface area contributed by atoms with Crippen LogP contribution in [0.15, 0.2) is 0 Å². The van der Waals surface area contributed by atoms with Crippen LogP contribution in [0.4, 0.5) is 14.4 Å². The highest BCUT2D eigenvalue weighted by Crippen LogP contribution is 2.55. The zero-order chi connectivity index (χ0) is 16.7. The molecule has 0 aliphatic heterocycles. The third-order valence-electron chi connectivity index (χ3n) is 2.24. The van der Waals surface area contributed by atoms with E-state index >= 15 is 0 Å². The van der Waals surface area contributed by atoms with Crippen molar-refractivity contribution < 1.29 is 58.3 Å². The average Bonchev–Trinajstić information content (AvgIpc) is 2.24. The van der Waals surface area contributed by atoms with Gasteiger partial charge >= 0.3 is 26.1 Å². The zero-order valence-corrected chi connectivity index (χ0v) is 11.3. The first kappa shape index (κ1) is 19.0. The first-order valence-corrected chi connectivity index (χ1v) is 6.80. The number of carbonyl (C=O) groups is 3. The predicted octanol–water partition coefficient (Wildman–Crippen LogP) is 0.724. The molecule has 0 aromatic carbocycles. The van der Waals surface area contributed by atoms with Crippen molar-refractivity contribution in [1.29, 1.82) is 0 Å². The fourth-order valence-corrected chi connectivity index (χ4v) is 2.30. The molecular formula is C8H13O12P. The molecule has 0 amide bonds. The summed E-state index contributed by atoms with van der Waals surface area (Å²) >= 11 is 0. The van der Waals surface area contributed by atoms with Crippen molar-refractivity contribution in [3.63, 3.8) is 0 Å². The lowest BCUT2D eigenvalue weighted by Gasteiger charge is -2.31. The van der Waals surface area contributed by atoms with Crippen LogP contribution in [0.25, 0.3) is 0 Å². The van der Waals surface area contributed by atoms with E-state index in [0.29, 0.717) is 0 Å². The molecule has 0 bridgehead atoms. The molecule has 0 unspecified atom stereocenters. The van der Waals surface area contributed by atoms with E-state index in [2.05, 4.69) is 14.2 Å². The standard InChI is InChI=1S/C8H13O12P/c9-5(10)18-3-1-8(20-7(13)14,21(15,16)17)2-4-19-6(11)12/h1-4H2,(H,9,10)(H,11,12)(H,13,14)(H2,15,16,17). The van der Waals surface area contributed by atoms with Gasteiger partial charge in [-0.15, -0.1) is 0 Å². The topological polar surface area (TPSA) is 197 Å². The zero-order valence-electron chi connectivity index (χ0n) is 10.4. The highest BCUT2D eigenvalue weighted by Gasteiger charge is 2.51. The second kappa shape index (κ2) is 7.67. The molecule has 0 fully saturated rings. The molecule has 0 atom stereocenters. The summed E-state index contributed by atoms with van der Waals surface area (Å²) in [6, 6.07) is 0. The van der Waals surface area contributed by atoms with Crippen LogP contribution in [0, 0.1) is 0 Å². The lowest BCUT2D eigenvalue weighted by atomic mass is 10.2. The van der Waals surface area contributed by atoms with Gasteiger partial charge < -0.3 is 39.3 Å². The second-order valence-electron chi connectivity index (χ2n) is 3.59. The van der Waals surface area contributed by atoms with E-state index in [9.17, 15) is 28.7 Å². The minimum atomic E-state index is -5.23. The molecule has 21 heavy (non-hydrogen) atoms. The van der Waals surface area contributed by atoms with Crippen LogP contribution in [0.2, 0.25) is 0 Å². The third kappa shape index (κ3) is 6.79. The van der Waals surface area contributed by atoms with E-state index in [1.54, 1.807) is 0 Å². The summed E-state index contributed by atoms with van der Waals surface area (Å²) in [5, 5.41) is 22.4. The van der Waals surface area contributed by atoms with E-state index in [-0.39, 0.29) is 0 Å². The van der Waals surface area contributed by atoms with Crippen LogP contribution in [0.1, 0.15) is 12.8 Å². The predicted molar refractivity (Wildman–Crippen MR) is 61.1 cm³/mol. The summed E-state index contributed by atoms with van der Waals surface area (Å²) in [6.07, 6.45) is -7.17. The number of ether oxygens (including phenoxy) is 3. The molecule has 0 aliphatic carbocycles. The van der Waals surface area contributed by atoms with Gasteiger partial charge in [-0.25, -0.2) is 14.4 Å². The van der Waals surface area contributed by atoms with Gasteiger partial charge in [0.05, 0.1) is 13.2 Å². The fraction of sp³-hybridized carbons (Fsp3) is 0.625. The van der Waals surface area contributed by atoms with E-state index in [1.807, 2.05) is 0 Å². The molecule has 0 rings (SSSR count). The molecule has 0 aromatic heterocycles. The maximum atomic E-state index is 11.4. The molecule has 13 heteroatoms. The molecule has 0 radical (unpaired) electrons. The van der Waals surface area contributed by atoms with E-state index in [0.717, 1.165) is 0 Å². The van der Waals surface area contributed by atoms with Gasteiger partial charge in [0, 0.05) is 12.8 Å². The molecule has 0 aliphatic rings. The third-order valence-corrected chi connectivity index (χ3v) is 3.84. The fourth-order valence-electron chi connectivity index (χ4n) is 1.34. The molecule has 0 aromatic rings. The SMILES string of the molecule is O=C(O)OCCC(CCOC(=O)O)(OC(=O)O)P(=O)(O)O. The van der Waals surface area contributed by atoms with Crippen molar-refractivity contribution >= 4 is 26.1 Å². The first-order valence-electron chi connectivity index (χ1n) is 5.19. The Balaban J connectivity index is 5.12. The Labute approximate surface area is 117 Å². The van der Waals surface area contributed by atoms with Crippen molar-refractivity contribution in [1.82, 2.24) is 0 Å². The number of hydrogen-bond acceptors (Lipinski definition) is 7. The number of rotatable bonds is 8. The Morgan fingerprint density at radius 1 is 0.857 bits per heavy atom. The molecule has 0 saturated carbocycles. The minimum Gasteiger partial charge on any atom is -0.450 e. The lowest BCUT2D eigenvalue weighted by molar-refractivity contribution is -0.0179. The Morgan fingerprint density at radius 3 is 1.48 bits per heavy atom. The van der Waals surface area contributed by atoms with Crippen LogP contribution >= 0.6 is 7.60 Å². The molecule has 0 saturated heterocycles. The first-order chi connectivity index (χ1) is 9.50. The van der Waals surface area contributed by atoms with Crippen molar-refractivity contribution in [2.45, 2.75) is 18.2 Å². The summed E-state index contributed by atoms with van der Waals surface area (Å²) in [6.45, 7) is -1.55.